The van der Waals surface area contributed by atoms with Crippen LogP contribution in [0.3, 0.4) is 0 Å². The highest BCUT2D eigenvalue weighted by atomic mass is 16.5. The molecule has 2 heterocycles. The highest BCUT2D eigenvalue weighted by Crippen LogP contribution is 2.13. The lowest BCUT2D eigenvalue weighted by molar-refractivity contribution is 0.0388. The summed E-state index contributed by atoms with van der Waals surface area (Å²) in [6.07, 6.45) is 0. The smallest absolute Gasteiger partial charge is 0.274 e. The van der Waals surface area contributed by atoms with E-state index in [1.165, 1.54) is 0 Å². The van der Waals surface area contributed by atoms with Gasteiger partial charge in [0.05, 0.1) is 6.61 Å². The lowest BCUT2D eigenvalue weighted by Gasteiger charge is -2.39. The van der Waals surface area contributed by atoms with Crippen LogP contribution in [0.25, 0.3) is 0 Å². The van der Waals surface area contributed by atoms with E-state index in [2.05, 4.69) is 16.9 Å². The summed E-state index contributed by atoms with van der Waals surface area (Å²) in [6.45, 7) is 11.0. The van der Waals surface area contributed by atoms with Gasteiger partial charge in [0.2, 0.25) is 0 Å². The van der Waals surface area contributed by atoms with Crippen molar-refractivity contribution in [3.63, 3.8) is 0 Å². The van der Waals surface area contributed by atoms with Gasteiger partial charge >= 0.3 is 0 Å². The van der Waals surface area contributed by atoms with Gasteiger partial charge in [-0.15, -0.1) is 0 Å². The normalized spacial score (nSPS) is 20.0. The molecule has 1 fully saturated rings. The van der Waals surface area contributed by atoms with E-state index in [-0.39, 0.29) is 5.91 Å². The van der Waals surface area contributed by atoms with Crippen LogP contribution in [0.15, 0.2) is 6.07 Å². The van der Waals surface area contributed by atoms with Gasteiger partial charge in [0.25, 0.3) is 5.91 Å². The van der Waals surface area contributed by atoms with Crippen molar-refractivity contribution in [2.45, 2.75) is 26.8 Å². The molecule has 1 aliphatic rings. The van der Waals surface area contributed by atoms with Crippen LogP contribution in [0, 0.1) is 6.92 Å². The Kier molecular flexibility index (Phi) is 5.36. The number of rotatable bonds is 5. The summed E-state index contributed by atoms with van der Waals surface area (Å²) in [5.41, 5.74) is 1.55. The zero-order chi connectivity index (χ0) is 15.4. The number of aryl methyl sites for hydroxylation is 2. The van der Waals surface area contributed by atoms with Crippen LogP contribution in [-0.2, 0) is 11.8 Å². The quantitative estimate of drug-likeness (QED) is 0.758. The van der Waals surface area contributed by atoms with Gasteiger partial charge in [-0.25, -0.2) is 0 Å². The van der Waals surface area contributed by atoms with E-state index < -0.39 is 0 Å². The summed E-state index contributed by atoms with van der Waals surface area (Å²) in [4.78, 5) is 16.8. The molecule has 1 amide bonds. The molecule has 0 N–H and O–H groups in total. The molecule has 1 saturated heterocycles. The molecule has 0 aromatic carbocycles. The summed E-state index contributed by atoms with van der Waals surface area (Å²) in [5.74, 6) is 0.0370. The van der Waals surface area contributed by atoms with Crippen LogP contribution in [0.1, 0.15) is 30.0 Å². The van der Waals surface area contributed by atoms with Crippen molar-refractivity contribution in [1.82, 2.24) is 19.6 Å². The van der Waals surface area contributed by atoms with Crippen LogP contribution in [-0.4, -0.2) is 70.9 Å². The fraction of sp³-hybridized carbons (Fsp3) is 0.733. The molecule has 1 aromatic heterocycles. The Balaban J connectivity index is 1.91. The van der Waals surface area contributed by atoms with Crippen molar-refractivity contribution in [2.75, 3.05) is 39.4 Å². The lowest BCUT2D eigenvalue weighted by atomic mass is 10.2. The van der Waals surface area contributed by atoms with Crippen LogP contribution in [0.5, 0.6) is 0 Å². The van der Waals surface area contributed by atoms with Crippen molar-refractivity contribution < 1.29 is 9.53 Å². The van der Waals surface area contributed by atoms with E-state index in [0.717, 1.165) is 45.1 Å². The Hall–Kier alpha value is -1.40. The molecule has 0 aliphatic carbocycles. The highest BCUT2D eigenvalue weighted by molar-refractivity contribution is 5.92. The first-order valence-corrected chi connectivity index (χ1v) is 7.64. The molecular formula is C15H26N4O2. The molecule has 2 rings (SSSR count). The maximum Gasteiger partial charge on any atom is 0.274 e. The molecule has 0 bridgehead atoms. The third-order valence-electron chi connectivity index (χ3n) is 4.11. The second kappa shape index (κ2) is 7.04. The van der Waals surface area contributed by atoms with E-state index >= 15 is 0 Å². The van der Waals surface area contributed by atoms with E-state index in [0.29, 0.717) is 11.7 Å². The number of hydrogen-bond donors (Lipinski definition) is 0. The monoisotopic (exact) mass is 294 g/mol. The predicted molar refractivity (Wildman–Crippen MR) is 81.4 cm³/mol. The molecule has 0 saturated carbocycles. The Labute approximate surface area is 126 Å². The summed E-state index contributed by atoms with van der Waals surface area (Å²) in [5, 5.41) is 4.28. The minimum Gasteiger partial charge on any atom is -0.380 e. The van der Waals surface area contributed by atoms with Gasteiger partial charge in [-0.05, 0) is 26.8 Å². The van der Waals surface area contributed by atoms with Gasteiger partial charge in [-0.1, -0.05) is 0 Å². The maximum atomic E-state index is 12.5. The molecule has 0 radical (unpaired) electrons. The minimum absolute atomic E-state index is 0.0370. The number of piperazine rings is 1. The lowest BCUT2D eigenvalue weighted by Crippen LogP contribution is -2.54. The summed E-state index contributed by atoms with van der Waals surface area (Å²) in [6, 6.07) is 2.21. The van der Waals surface area contributed by atoms with Crippen molar-refractivity contribution in [2.24, 2.45) is 7.05 Å². The molecule has 118 valence electrons. The average Bonchev–Trinajstić information content (AvgIpc) is 2.80. The minimum atomic E-state index is 0.0370. The zero-order valence-electron chi connectivity index (χ0n) is 13.5. The van der Waals surface area contributed by atoms with Crippen molar-refractivity contribution in [3.05, 3.63) is 17.5 Å². The second-order valence-corrected chi connectivity index (χ2v) is 5.63. The number of amides is 1. The number of carbonyl (C=O) groups is 1. The first-order valence-electron chi connectivity index (χ1n) is 7.64. The van der Waals surface area contributed by atoms with Gasteiger partial charge in [-0.2, -0.15) is 5.10 Å². The number of ether oxygens (including phenoxy) is 1. The Morgan fingerprint density at radius 2 is 2.24 bits per heavy atom. The number of nitrogens with zero attached hydrogens (tertiary/aromatic N) is 4. The average molecular weight is 294 g/mol. The number of hydrogen-bond acceptors (Lipinski definition) is 4. The molecule has 1 aromatic rings. The summed E-state index contributed by atoms with van der Waals surface area (Å²) in [7, 11) is 1.86. The van der Waals surface area contributed by atoms with E-state index in [1.807, 2.05) is 31.9 Å². The SMILES string of the molecule is CCOCCN1CCN(C(=O)c2cc(C)n(C)n2)C[C@@H]1C. The Bertz CT molecular complexity index is 467. The maximum absolute atomic E-state index is 12.5. The van der Waals surface area contributed by atoms with Crippen LogP contribution < -0.4 is 0 Å². The Morgan fingerprint density at radius 1 is 1.48 bits per heavy atom. The first-order chi connectivity index (χ1) is 10.0. The third kappa shape index (κ3) is 3.83. The molecule has 21 heavy (non-hydrogen) atoms. The van der Waals surface area contributed by atoms with E-state index in [1.54, 1.807) is 4.68 Å². The molecule has 0 spiro atoms. The number of carbonyl (C=O) groups excluding carboxylic acids is 1. The van der Waals surface area contributed by atoms with Crippen molar-refractivity contribution >= 4 is 5.91 Å². The van der Waals surface area contributed by atoms with Crippen LogP contribution in [0.4, 0.5) is 0 Å². The van der Waals surface area contributed by atoms with Gasteiger partial charge in [0, 0.05) is 51.6 Å². The topological polar surface area (TPSA) is 50.6 Å². The summed E-state index contributed by atoms with van der Waals surface area (Å²) < 4.78 is 7.15. The van der Waals surface area contributed by atoms with E-state index in [9.17, 15) is 4.79 Å². The largest absolute Gasteiger partial charge is 0.380 e. The summed E-state index contributed by atoms with van der Waals surface area (Å²) >= 11 is 0. The molecule has 6 heteroatoms. The van der Waals surface area contributed by atoms with Gasteiger partial charge < -0.3 is 9.64 Å². The fourth-order valence-electron chi connectivity index (χ4n) is 2.67. The Morgan fingerprint density at radius 3 is 2.81 bits per heavy atom. The van der Waals surface area contributed by atoms with Gasteiger partial charge in [0.15, 0.2) is 5.69 Å². The first kappa shape index (κ1) is 16.0. The second-order valence-electron chi connectivity index (χ2n) is 5.63. The standard InChI is InChI=1S/C15H26N4O2/c1-5-21-9-8-18-6-7-19(11-13(18)3)15(20)14-10-12(2)17(4)16-14/h10,13H,5-9,11H2,1-4H3/t13-/m0/s1. The fourth-order valence-corrected chi connectivity index (χ4v) is 2.67. The van der Waals surface area contributed by atoms with Gasteiger partial charge in [0.1, 0.15) is 0 Å². The van der Waals surface area contributed by atoms with Crippen molar-refractivity contribution in [3.8, 4) is 0 Å². The third-order valence-corrected chi connectivity index (χ3v) is 4.11. The van der Waals surface area contributed by atoms with Crippen LogP contribution in [0.2, 0.25) is 0 Å². The van der Waals surface area contributed by atoms with Gasteiger partial charge in [-0.3, -0.25) is 14.4 Å². The highest BCUT2D eigenvalue weighted by Gasteiger charge is 2.28. The molecule has 6 nitrogen and oxygen atoms in total. The van der Waals surface area contributed by atoms with Crippen LogP contribution >= 0.6 is 0 Å². The molecule has 1 aliphatic heterocycles. The molecule has 1 atom stereocenters. The molecule has 0 unspecified atom stereocenters. The predicted octanol–water partition coefficient (Wildman–Crippen LogP) is 0.911. The van der Waals surface area contributed by atoms with Crippen molar-refractivity contribution in [1.29, 1.82) is 0 Å². The molecular weight excluding hydrogens is 268 g/mol. The van der Waals surface area contributed by atoms with E-state index in [4.69, 9.17) is 4.74 Å². The zero-order valence-corrected chi connectivity index (χ0v) is 13.5. The number of aromatic nitrogens is 2.